The zero-order chi connectivity index (χ0) is 63.2. The minimum Gasteiger partial charge on any atom is -0.467 e. The topological polar surface area (TPSA) is 212 Å². The Morgan fingerprint density at radius 3 is 0.956 bits per heavy atom. The molecule has 3 heterocycles. The Morgan fingerprint density at radius 2 is 0.681 bits per heavy atom. The fourth-order valence-corrected chi connectivity index (χ4v) is 12.3. The summed E-state index contributed by atoms with van der Waals surface area (Å²) < 4.78 is 48.5. The number of methoxy groups -OCH3 is 4. The van der Waals surface area contributed by atoms with E-state index in [1.807, 2.05) is 164 Å². The summed E-state index contributed by atoms with van der Waals surface area (Å²) in [5.74, 6) is -0.170. The largest absolute Gasteiger partial charge is 0.467 e. The number of hydrogen-bond donors (Lipinski definition) is 3. The van der Waals surface area contributed by atoms with Crippen molar-refractivity contribution in [2.24, 2.45) is 0 Å². The van der Waals surface area contributed by atoms with Crippen molar-refractivity contribution in [1.82, 2.24) is 16.0 Å². The van der Waals surface area contributed by atoms with Crippen LogP contribution >= 0.6 is 0 Å². The molecule has 0 fully saturated rings. The average molecular weight is 1220 g/mol. The van der Waals surface area contributed by atoms with Gasteiger partial charge in [-0.2, -0.15) is 0 Å². The Labute approximate surface area is 525 Å². The number of amides is 3. The summed E-state index contributed by atoms with van der Waals surface area (Å²) in [6.07, 6.45) is 1.02. The third-order valence-corrected chi connectivity index (χ3v) is 16.7. The summed E-state index contributed by atoms with van der Waals surface area (Å²) in [6.45, 7) is 0.190. The van der Waals surface area contributed by atoms with Gasteiger partial charge in [-0.25, -0.2) is 14.4 Å². The molecule has 3 aliphatic rings. The lowest BCUT2D eigenvalue weighted by Gasteiger charge is -2.49. The molecule has 3 atom stereocenters. The first-order valence-corrected chi connectivity index (χ1v) is 29.6. The van der Waals surface area contributed by atoms with Crippen molar-refractivity contribution in [1.29, 1.82) is 0 Å². The summed E-state index contributed by atoms with van der Waals surface area (Å²) >= 11 is 0. The molecule has 17 heteroatoms. The molecule has 12 rings (SSSR count). The van der Waals surface area contributed by atoms with Gasteiger partial charge in [-0.05, 0) is 113 Å². The first kappa shape index (κ1) is 60.4. The number of ether oxygens (including phenoxy) is 8. The van der Waals surface area contributed by atoms with Crippen molar-refractivity contribution < 1.29 is 66.7 Å². The second kappa shape index (κ2) is 26.4. The molecule has 0 bridgehead atoms. The highest BCUT2D eigenvalue weighted by atomic mass is 16.7. The number of hydrogen-bond acceptors (Lipinski definition) is 14. The maximum Gasteiger partial charge on any atom is 0.328 e. The molecule has 0 saturated heterocycles. The molecular weight excluding hydrogens is 1150 g/mol. The quantitative estimate of drug-likeness (QED) is 0.0235. The molecule has 91 heavy (non-hydrogen) atoms. The molecule has 3 aliphatic heterocycles. The SMILES string of the molecule is COCOCCC12c3c4ccc(-c5ccc(C(=O)N[C@@H](Cc6ccccc6)C(=O)OC)cc5)c3Oc3ccc(-c5ccc(C(=O)N[C@@H](Cc6ccccc6)C(=O)OC)cc5)c(c31)Oc1ccc(-c3ccc(C(=O)N[C@@H](Cc5ccccc5)C(=O)OC)cc3)c(c12)O4. The molecule has 17 nitrogen and oxygen atoms in total. The van der Waals surface area contributed by atoms with Crippen molar-refractivity contribution >= 4 is 35.6 Å². The Bertz CT molecular complexity index is 3800. The molecule has 3 N–H and O–H groups in total. The molecule has 0 aromatic heterocycles. The van der Waals surface area contributed by atoms with E-state index in [2.05, 4.69) is 16.0 Å². The minimum atomic E-state index is -1.13. The van der Waals surface area contributed by atoms with Crippen LogP contribution in [0, 0.1) is 0 Å². The first-order chi connectivity index (χ1) is 44.4. The van der Waals surface area contributed by atoms with Crippen molar-refractivity contribution in [3.63, 3.8) is 0 Å². The summed E-state index contributed by atoms with van der Waals surface area (Å²) in [5.41, 5.74) is 8.66. The van der Waals surface area contributed by atoms with Gasteiger partial charge in [0.05, 0.1) is 50.0 Å². The van der Waals surface area contributed by atoms with Crippen LogP contribution in [0.3, 0.4) is 0 Å². The van der Waals surface area contributed by atoms with Gasteiger partial charge < -0.3 is 53.8 Å². The van der Waals surface area contributed by atoms with Crippen molar-refractivity contribution in [2.45, 2.75) is 49.2 Å². The van der Waals surface area contributed by atoms with Crippen LogP contribution < -0.4 is 30.2 Å². The van der Waals surface area contributed by atoms with Gasteiger partial charge >= 0.3 is 17.9 Å². The number of carbonyl (C=O) groups excluding carboxylic acids is 6. The normalized spacial score (nSPS) is 13.5. The summed E-state index contributed by atoms with van der Waals surface area (Å²) in [6, 6.07) is 57.9. The molecular formula is C74H63N3O14. The molecule has 0 radical (unpaired) electrons. The Balaban J connectivity index is 0.943. The zero-order valence-corrected chi connectivity index (χ0v) is 50.2. The number of rotatable bonds is 23. The van der Waals surface area contributed by atoms with Gasteiger partial charge in [0.2, 0.25) is 0 Å². The van der Waals surface area contributed by atoms with E-state index >= 15 is 0 Å². The Kier molecular flexibility index (Phi) is 17.6. The van der Waals surface area contributed by atoms with Gasteiger partial charge in [0, 0.05) is 59.8 Å². The molecule has 0 unspecified atom stereocenters. The highest BCUT2D eigenvalue weighted by Gasteiger charge is 2.57. The minimum absolute atomic E-state index is 0.00448. The molecule has 3 amide bonds. The monoisotopic (exact) mass is 1220 g/mol. The van der Waals surface area contributed by atoms with E-state index in [-0.39, 0.29) is 32.7 Å². The first-order valence-electron chi connectivity index (χ1n) is 29.6. The van der Waals surface area contributed by atoms with Crippen molar-refractivity contribution in [3.8, 4) is 67.9 Å². The van der Waals surface area contributed by atoms with E-state index in [0.717, 1.165) is 16.7 Å². The van der Waals surface area contributed by atoms with Crippen molar-refractivity contribution in [2.75, 3.05) is 41.8 Å². The summed E-state index contributed by atoms with van der Waals surface area (Å²) in [5, 5.41) is 8.60. The van der Waals surface area contributed by atoms with Crippen LogP contribution in [0.5, 0.6) is 34.5 Å². The molecule has 0 saturated carbocycles. The highest BCUT2D eigenvalue weighted by Crippen LogP contribution is 2.70. The van der Waals surface area contributed by atoms with E-state index in [1.54, 1.807) is 43.5 Å². The smallest absolute Gasteiger partial charge is 0.328 e. The van der Waals surface area contributed by atoms with E-state index < -0.39 is 59.2 Å². The van der Waals surface area contributed by atoms with Gasteiger partial charge in [-0.3, -0.25) is 14.4 Å². The maximum absolute atomic E-state index is 13.9. The van der Waals surface area contributed by atoms with E-state index in [9.17, 15) is 28.8 Å². The molecule has 0 aliphatic carbocycles. The van der Waals surface area contributed by atoms with Crippen molar-refractivity contribution in [3.05, 3.63) is 250 Å². The lowest BCUT2D eigenvalue weighted by molar-refractivity contribution is -0.143. The number of esters is 3. The number of carbonyl (C=O) groups is 6. The van der Waals surface area contributed by atoms with E-state index in [0.29, 0.717) is 108 Å². The predicted molar refractivity (Wildman–Crippen MR) is 338 cm³/mol. The lowest BCUT2D eigenvalue weighted by Crippen LogP contribution is -2.43. The number of benzene rings is 9. The Hall–Kier alpha value is -10.9. The molecule has 9 aromatic carbocycles. The maximum atomic E-state index is 13.9. The van der Waals surface area contributed by atoms with Crippen LogP contribution in [0.1, 0.15) is 70.9 Å². The third-order valence-electron chi connectivity index (χ3n) is 16.7. The standard InChI is InChI=1S/C74H63N3O14/c1-84-43-88-39-38-74-62-59-35-32-53(47-20-26-50(27-21-47)68(78)75-56(71(81)85-2)40-44-14-8-5-9-15-44)65(62)89-60-36-33-54(48-22-28-51(29-23-48)69(79)76-57(72(82)86-3)41-45-16-10-6-11-17-45)66(63(60)74)91-61-37-34-55(67(90-59)64(61)74)49-24-30-52(31-25-49)70(80)77-58(73(83)87-4)42-46-18-12-7-13-19-46/h5-37,56-58H,38-43H2,1-4H3,(H,75,78)(H,76,79)(H,77,80)/t56-,57-,58-,74?/m0/s1. The summed E-state index contributed by atoms with van der Waals surface area (Å²) in [7, 11) is 5.42. The van der Waals surface area contributed by atoms with Gasteiger partial charge in [0.1, 0.15) is 59.4 Å². The fourth-order valence-electron chi connectivity index (χ4n) is 12.3. The summed E-state index contributed by atoms with van der Waals surface area (Å²) in [4.78, 5) is 80.6. The third kappa shape index (κ3) is 12.1. The highest BCUT2D eigenvalue weighted by molar-refractivity contribution is 6.00. The van der Waals surface area contributed by atoms with Crippen LogP contribution in [0.4, 0.5) is 0 Å². The second-order valence-corrected chi connectivity index (χ2v) is 22.2. The average Bonchev–Trinajstić information content (AvgIpc) is 0.673. The Morgan fingerprint density at radius 1 is 0.385 bits per heavy atom. The second-order valence-electron chi connectivity index (χ2n) is 22.2. The molecule has 0 spiro atoms. The molecule has 458 valence electrons. The fraction of sp³-hybridized carbons (Fsp3) is 0.189. The van der Waals surface area contributed by atoms with E-state index in [4.69, 9.17) is 37.9 Å². The van der Waals surface area contributed by atoms with Crippen LogP contribution in [0.2, 0.25) is 0 Å². The van der Waals surface area contributed by atoms with Crippen LogP contribution in [-0.2, 0) is 62.7 Å². The van der Waals surface area contributed by atoms with Gasteiger partial charge in [-0.15, -0.1) is 0 Å². The number of nitrogens with one attached hydrogen (secondary N) is 3. The van der Waals surface area contributed by atoms with Gasteiger partial charge in [0.25, 0.3) is 17.7 Å². The zero-order valence-electron chi connectivity index (χ0n) is 50.2. The van der Waals surface area contributed by atoms with Crippen LogP contribution in [0.15, 0.2) is 200 Å². The van der Waals surface area contributed by atoms with E-state index in [1.165, 1.54) is 21.3 Å². The van der Waals surface area contributed by atoms with Crippen LogP contribution in [-0.4, -0.2) is 95.6 Å². The lowest BCUT2D eigenvalue weighted by atomic mass is 9.61. The van der Waals surface area contributed by atoms with Gasteiger partial charge in [0.15, 0.2) is 0 Å². The molecule has 9 aromatic rings. The predicted octanol–water partition coefficient (Wildman–Crippen LogP) is 11.9. The van der Waals surface area contributed by atoms with Crippen LogP contribution in [0.25, 0.3) is 33.4 Å². The van der Waals surface area contributed by atoms with Gasteiger partial charge in [-0.1, -0.05) is 127 Å².